The standard InChI is InChI=1S/C26H23ClFN3O3/c1-17-14-23-24(15-22(17)25(32)18-2-4-19(27)5-3-18)34-26(33)31(23)16-29-10-12-30(13-11-29)21-8-6-20(28)7-9-21/h2-9,14-15H,10-13,16H2,1H3. The topological polar surface area (TPSA) is 58.7 Å². The Bertz CT molecular complexity index is 1400. The van der Waals surface area contributed by atoms with Crippen molar-refractivity contribution < 1.29 is 13.6 Å². The zero-order valence-corrected chi connectivity index (χ0v) is 19.4. The Hall–Kier alpha value is -3.42. The number of benzene rings is 3. The summed E-state index contributed by atoms with van der Waals surface area (Å²) >= 11 is 5.93. The van der Waals surface area contributed by atoms with E-state index in [-0.39, 0.29) is 11.6 Å². The molecule has 8 heteroatoms. The van der Waals surface area contributed by atoms with Crippen molar-refractivity contribution in [2.45, 2.75) is 13.6 Å². The van der Waals surface area contributed by atoms with Crippen LogP contribution in [0.3, 0.4) is 0 Å². The minimum absolute atomic E-state index is 0.150. The van der Waals surface area contributed by atoms with Crippen molar-refractivity contribution in [3.63, 3.8) is 0 Å². The van der Waals surface area contributed by atoms with Crippen LogP contribution in [0.1, 0.15) is 21.5 Å². The van der Waals surface area contributed by atoms with E-state index in [0.29, 0.717) is 33.9 Å². The highest BCUT2D eigenvalue weighted by molar-refractivity contribution is 6.30. The number of oxazole rings is 1. The predicted octanol–water partition coefficient (Wildman–Crippen LogP) is 4.71. The van der Waals surface area contributed by atoms with Crippen LogP contribution in [0.25, 0.3) is 11.1 Å². The van der Waals surface area contributed by atoms with E-state index in [1.165, 1.54) is 12.1 Å². The molecule has 1 aliphatic rings. The van der Waals surface area contributed by atoms with Gasteiger partial charge in [-0.15, -0.1) is 0 Å². The Morgan fingerprint density at radius 3 is 2.35 bits per heavy atom. The Morgan fingerprint density at radius 1 is 1.00 bits per heavy atom. The molecule has 0 atom stereocenters. The van der Waals surface area contributed by atoms with E-state index < -0.39 is 5.76 Å². The smallest absolute Gasteiger partial charge is 0.408 e. The molecule has 3 aromatic carbocycles. The molecule has 0 N–H and O–H groups in total. The van der Waals surface area contributed by atoms with Gasteiger partial charge in [-0.3, -0.25) is 14.3 Å². The van der Waals surface area contributed by atoms with E-state index in [1.807, 2.05) is 13.0 Å². The molecular formula is C26H23ClFN3O3. The molecule has 0 radical (unpaired) electrons. The molecule has 1 fully saturated rings. The van der Waals surface area contributed by atoms with Gasteiger partial charge in [0.05, 0.1) is 12.2 Å². The average Bonchev–Trinajstić information content (AvgIpc) is 3.13. The Labute approximate surface area is 200 Å². The highest BCUT2D eigenvalue weighted by Crippen LogP contribution is 2.23. The number of piperazine rings is 1. The molecule has 174 valence electrons. The van der Waals surface area contributed by atoms with E-state index in [4.69, 9.17) is 16.0 Å². The number of ketones is 1. The number of rotatable bonds is 5. The lowest BCUT2D eigenvalue weighted by atomic mass is 9.98. The fourth-order valence-corrected chi connectivity index (χ4v) is 4.47. The molecule has 0 bridgehead atoms. The molecule has 2 heterocycles. The highest BCUT2D eigenvalue weighted by Gasteiger charge is 2.21. The van der Waals surface area contributed by atoms with Crippen LogP contribution in [0.5, 0.6) is 0 Å². The first kappa shape index (κ1) is 22.4. The van der Waals surface area contributed by atoms with Gasteiger partial charge in [0.25, 0.3) is 0 Å². The molecule has 6 nitrogen and oxygen atoms in total. The summed E-state index contributed by atoms with van der Waals surface area (Å²) in [5.74, 6) is -0.850. The number of carbonyl (C=O) groups is 1. The van der Waals surface area contributed by atoms with Crippen molar-refractivity contribution in [2.24, 2.45) is 0 Å². The monoisotopic (exact) mass is 479 g/mol. The minimum Gasteiger partial charge on any atom is -0.408 e. The van der Waals surface area contributed by atoms with Gasteiger partial charge < -0.3 is 9.32 Å². The van der Waals surface area contributed by atoms with Crippen molar-refractivity contribution in [1.82, 2.24) is 9.47 Å². The molecule has 0 saturated carbocycles. The summed E-state index contributed by atoms with van der Waals surface area (Å²) in [6.45, 7) is 5.30. The third kappa shape index (κ3) is 4.36. The molecular weight excluding hydrogens is 457 g/mol. The third-order valence-electron chi connectivity index (χ3n) is 6.27. The van der Waals surface area contributed by atoms with Gasteiger partial charge in [-0.05, 0) is 73.2 Å². The van der Waals surface area contributed by atoms with Gasteiger partial charge in [0.15, 0.2) is 11.4 Å². The van der Waals surface area contributed by atoms with Crippen molar-refractivity contribution in [2.75, 3.05) is 31.1 Å². The molecule has 0 unspecified atom stereocenters. The maximum Gasteiger partial charge on any atom is 0.421 e. The van der Waals surface area contributed by atoms with E-state index in [2.05, 4.69) is 9.80 Å². The lowest BCUT2D eigenvalue weighted by Gasteiger charge is -2.36. The number of anilines is 1. The molecule has 0 aliphatic carbocycles. The fourth-order valence-electron chi connectivity index (χ4n) is 4.35. The normalized spacial score (nSPS) is 14.6. The van der Waals surface area contributed by atoms with E-state index in [0.717, 1.165) is 37.4 Å². The molecule has 1 aliphatic heterocycles. The van der Waals surface area contributed by atoms with Gasteiger partial charge in [-0.2, -0.15) is 0 Å². The summed E-state index contributed by atoms with van der Waals surface area (Å²) in [5.41, 5.74) is 3.81. The Balaban J connectivity index is 1.34. The summed E-state index contributed by atoms with van der Waals surface area (Å²) < 4.78 is 20.3. The number of aryl methyl sites for hydroxylation is 1. The average molecular weight is 480 g/mol. The van der Waals surface area contributed by atoms with Crippen LogP contribution in [0, 0.1) is 12.7 Å². The molecule has 0 amide bonds. The van der Waals surface area contributed by atoms with Crippen molar-refractivity contribution >= 4 is 34.2 Å². The van der Waals surface area contributed by atoms with Crippen molar-refractivity contribution in [3.05, 3.63) is 98.7 Å². The molecule has 1 saturated heterocycles. The SMILES string of the molecule is Cc1cc2c(cc1C(=O)c1ccc(Cl)cc1)oc(=O)n2CN1CCN(c2ccc(F)cc2)CC1. The quantitative estimate of drug-likeness (QED) is 0.388. The third-order valence-corrected chi connectivity index (χ3v) is 6.52. The van der Waals surface area contributed by atoms with Gasteiger partial charge >= 0.3 is 5.76 Å². The van der Waals surface area contributed by atoms with Crippen LogP contribution < -0.4 is 10.7 Å². The van der Waals surface area contributed by atoms with Gasteiger partial charge in [0, 0.05) is 48.0 Å². The predicted molar refractivity (Wildman–Crippen MR) is 130 cm³/mol. The van der Waals surface area contributed by atoms with Crippen LogP contribution in [0.4, 0.5) is 10.1 Å². The first-order valence-corrected chi connectivity index (χ1v) is 11.4. The lowest BCUT2D eigenvalue weighted by Crippen LogP contribution is -2.47. The number of nitrogens with zero attached hydrogens (tertiary/aromatic N) is 3. The van der Waals surface area contributed by atoms with E-state index in [9.17, 15) is 14.0 Å². The number of aromatic nitrogens is 1. The number of halogens is 2. The van der Waals surface area contributed by atoms with Crippen LogP contribution >= 0.6 is 11.6 Å². The number of hydrogen-bond donors (Lipinski definition) is 0. The number of fused-ring (bicyclic) bond motifs is 1. The molecule has 1 aromatic heterocycles. The zero-order chi connectivity index (χ0) is 23.8. The van der Waals surface area contributed by atoms with Gasteiger partial charge in [0.2, 0.25) is 0 Å². The molecule has 4 aromatic rings. The van der Waals surface area contributed by atoms with Crippen LogP contribution in [0.2, 0.25) is 5.02 Å². The van der Waals surface area contributed by atoms with E-state index >= 15 is 0 Å². The summed E-state index contributed by atoms with van der Waals surface area (Å²) in [4.78, 5) is 30.0. The highest BCUT2D eigenvalue weighted by atomic mass is 35.5. The van der Waals surface area contributed by atoms with E-state index in [1.54, 1.807) is 47.0 Å². The summed E-state index contributed by atoms with van der Waals surface area (Å²) in [5, 5.41) is 0.560. The van der Waals surface area contributed by atoms with Crippen LogP contribution in [0.15, 0.2) is 69.9 Å². The Morgan fingerprint density at radius 2 is 1.68 bits per heavy atom. The fraction of sp³-hybridized carbons (Fsp3) is 0.231. The maximum absolute atomic E-state index is 13.2. The first-order chi connectivity index (χ1) is 16.4. The largest absolute Gasteiger partial charge is 0.421 e. The summed E-state index contributed by atoms with van der Waals surface area (Å²) in [6.07, 6.45) is 0. The second kappa shape index (κ2) is 9.08. The maximum atomic E-state index is 13.2. The second-order valence-corrected chi connectivity index (χ2v) is 8.93. The lowest BCUT2D eigenvalue weighted by molar-refractivity contribution is 0.103. The minimum atomic E-state index is -0.452. The van der Waals surface area contributed by atoms with Crippen LogP contribution in [-0.2, 0) is 6.67 Å². The molecule has 0 spiro atoms. The molecule has 5 rings (SSSR count). The number of hydrogen-bond acceptors (Lipinski definition) is 5. The zero-order valence-electron chi connectivity index (χ0n) is 18.6. The Kier molecular flexibility index (Phi) is 5.98. The number of carbonyl (C=O) groups excluding carboxylic acids is 1. The molecule has 34 heavy (non-hydrogen) atoms. The van der Waals surface area contributed by atoms with Crippen molar-refractivity contribution in [3.8, 4) is 0 Å². The first-order valence-electron chi connectivity index (χ1n) is 11.1. The summed E-state index contributed by atoms with van der Waals surface area (Å²) in [6, 6.07) is 16.7. The van der Waals surface area contributed by atoms with Gasteiger partial charge in [-0.1, -0.05) is 11.6 Å². The van der Waals surface area contributed by atoms with Crippen LogP contribution in [-0.4, -0.2) is 41.4 Å². The van der Waals surface area contributed by atoms with Gasteiger partial charge in [-0.25, -0.2) is 9.18 Å². The van der Waals surface area contributed by atoms with Gasteiger partial charge in [0.1, 0.15) is 5.82 Å². The van der Waals surface area contributed by atoms with Crippen molar-refractivity contribution in [1.29, 1.82) is 0 Å². The summed E-state index contributed by atoms with van der Waals surface area (Å²) in [7, 11) is 0. The second-order valence-electron chi connectivity index (χ2n) is 8.49.